The highest BCUT2D eigenvalue weighted by Crippen LogP contribution is 2.19. The standard InChI is InChI=1S/C19H32N2O5S/c1-15(14-18(22)20-16-8-6-4-3-5-7-9-16)19(23)26-17-10-12-21(13-11-17)27(2,24)25/h16-17H,1,3-14H2,2H3,(H,20,22). The van der Waals surface area contributed by atoms with Gasteiger partial charge in [0.05, 0.1) is 12.7 Å². The smallest absolute Gasteiger partial charge is 0.334 e. The van der Waals surface area contributed by atoms with E-state index in [2.05, 4.69) is 11.9 Å². The van der Waals surface area contributed by atoms with Crippen molar-refractivity contribution in [1.29, 1.82) is 0 Å². The van der Waals surface area contributed by atoms with E-state index in [1.807, 2.05) is 0 Å². The highest BCUT2D eigenvalue weighted by Gasteiger charge is 2.28. The van der Waals surface area contributed by atoms with Gasteiger partial charge in [-0.3, -0.25) is 4.79 Å². The van der Waals surface area contributed by atoms with Crippen molar-refractivity contribution < 1.29 is 22.7 Å². The zero-order valence-corrected chi connectivity index (χ0v) is 17.1. The molecule has 1 aliphatic carbocycles. The summed E-state index contributed by atoms with van der Waals surface area (Å²) in [5.41, 5.74) is 0.142. The first kappa shape index (κ1) is 21.9. The minimum atomic E-state index is -3.21. The third-order valence-corrected chi connectivity index (χ3v) is 6.58. The second-order valence-electron chi connectivity index (χ2n) is 7.66. The van der Waals surface area contributed by atoms with Gasteiger partial charge in [-0.15, -0.1) is 0 Å². The summed E-state index contributed by atoms with van der Waals surface area (Å²) in [5.74, 6) is -0.755. The predicted molar refractivity (Wildman–Crippen MR) is 104 cm³/mol. The van der Waals surface area contributed by atoms with Crippen molar-refractivity contribution in [2.24, 2.45) is 0 Å². The van der Waals surface area contributed by atoms with Crippen LogP contribution in [-0.4, -0.2) is 56.1 Å². The molecule has 27 heavy (non-hydrogen) atoms. The van der Waals surface area contributed by atoms with E-state index in [1.54, 1.807) is 0 Å². The van der Waals surface area contributed by atoms with Crippen molar-refractivity contribution in [3.8, 4) is 0 Å². The van der Waals surface area contributed by atoms with Crippen LogP contribution in [0.5, 0.6) is 0 Å². The van der Waals surface area contributed by atoms with E-state index in [0.29, 0.717) is 25.9 Å². The minimum Gasteiger partial charge on any atom is -0.459 e. The van der Waals surface area contributed by atoms with Crippen LogP contribution in [0, 0.1) is 0 Å². The minimum absolute atomic E-state index is 0.0580. The van der Waals surface area contributed by atoms with Crippen molar-refractivity contribution in [2.75, 3.05) is 19.3 Å². The maximum Gasteiger partial charge on any atom is 0.334 e. The van der Waals surface area contributed by atoms with Gasteiger partial charge in [-0.2, -0.15) is 0 Å². The zero-order valence-electron chi connectivity index (χ0n) is 16.2. The number of carbonyl (C=O) groups excluding carboxylic acids is 2. The normalized spacial score (nSPS) is 21.1. The molecule has 1 N–H and O–H groups in total. The van der Waals surface area contributed by atoms with Crippen LogP contribution in [-0.2, 0) is 24.3 Å². The molecule has 2 aliphatic rings. The van der Waals surface area contributed by atoms with Crippen LogP contribution in [0.25, 0.3) is 0 Å². The first-order valence-corrected chi connectivity index (χ1v) is 11.7. The van der Waals surface area contributed by atoms with Crippen LogP contribution in [0.2, 0.25) is 0 Å². The summed E-state index contributed by atoms with van der Waals surface area (Å²) < 4.78 is 29.8. The Morgan fingerprint density at radius 3 is 2.15 bits per heavy atom. The molecule has 1 saturated carbocycles. The summed E-state index contributed by atoms with van der Waals surface area (Å²) >= 11 is 0. The highest BCUT2D eigenvalue weighted by atomic mass is 32.2. The molecule has 2 rings (SSSR count). The lowest BCUT2D eigenvalue weighted by Gasteiger charge is -2.30. The number of piperidine rings is 1. The van der Waals surface area contributed by atoms with E-state index in [4.69, 9.17) is 4.74 Å². The number of amides is 1. The third-order valence-electron chi connectivity index (χ3n) is 5.28. The second kappa shape index (κ2) is 10.2. The molecule has 7 nitrogen and oxygen atoms in total. The van der Waals surface area contributed by atoms with E-state index in [0.717, 1.165) is 25.7 Å². The van der Waals surface area contributed by atoms with Gasteiger partial charge in [0, 0.05) is 24.7 Å². The van der Waals surface area contributed by atoms with E-state index in [-0.39, 0.29) is 30.0 Å². The van der Waals surface area contributed by atoms with Gasteiger partial charge in [-0.05, 0) is 25.7 Å². The Balaban J connectivity index is 1.72. The number of sulfonamides is 1. The number of hydrogen-bond acceptors (Lipinski definition) is 5. The lowest BCUT2D eigenvalue weighted by atomic mass is 9.96. The number of hydrogen-bond donors (Lipinski definition) is 1. The molecule has 0 aromatic carbocycles. The second-order valence-corrected chi connectivity index (χ2v) is 9.64. The maximum atomic E-state index is 12.2. The van der Waals surface area contributed by atoms with Crippen molar-refractivity contribution in [2.45, 2.75) is 76.4 Å². The van der Waals surface area contributed by atoms with Gasteiger partial charge in [0.15, 0.2) is 0 Å². The molecule has 2 fully saturated rings. The lowest BCUT2D eigenvalue weighted by molar-refractivity contribution is -0.146. The number of ether oxygens (including phenoxy) is 1. The number of rotatable bonds is 6. The summed E-state index contributed by atoms with van der Waals surface area (Å²) in [4.78, 5) is 24.4. The fraction of sp³-hybridized carbons (Fsp3) is 0.789. The zero-order chi connectivity index (χ0) is 19.9. The molecule has 1 aliphatic heterocycles. The Bertz CT molecular complexity index is 630. The predicted octanol–water partition coefficient (Wildman–Crippen LogP) is 2.13. The molecule has 0 spiro atoms. The number of carbonyl (C=O) groups is 2. The summed E-state index contributed by atoms with van der Waals surface area (Å²) in [7, 11) is -3.21. The Hall–Kier alpha value is -1.41. The van der Waals surface area contributed by atoms with E-state index in [1.165, 1.54) is 29.8 Å². The van der Waals surface area contributed by atoms with E-state index < -0.39 is 16.0 Å². The molecule has 0 atom stereocenters. The molecule has 0 unspecified atom stereocenters. The van der Waals surface area contributed by atoms with Crippen LogP contribution >= 0.6 is 0 Å². The maximum absolute atomic E-state index is 12.2. The topological polar surface area (TPSA) is 92.8 Å². The van der Waals surface area contributed by atoms with Gasteiger partial charge in [-0.1, -0.05) is 38.7 Å². The molecular weight excluding hydrogens is 368 g/mol. The number of esters is 1. The van der Waals surface area contributed by atoms with E-state index in [9.17, 15) is 18.0 Å². The van der Waals surface area contributed by atoms with E-state index >= 15 is 0 Å². The quantitative estimate of drug-likeness (QED) is 0.545. The van der Waals surface area contributed by atoms with Crippen molar-refractivity contribution in [3.05, 3.63) is 12.2 Å². The average Bonchev–Trinajstić information content (AvgIpc) is 2.56. The van der Waals surface area contributed by atoms with Crippen LogP contribution in [0.15, 0.2) is 12.2 Å². The molecule has 0 bridgehead atoms. The van der Waals surface area contributed by atoms with Gasteiger partial charge in [0.1, 0.15) is 6.10 Å². The Labute approximate surface area is 162 Å². The Morgan fingerprint density at radius 2 is 1.59 bits per heavy atom. The fourth-order valence-electron chi connectivity index (χ4n) is 3.66. The van der Waals surface area contributed by atoms with Crippen molar-refractivity contribution >= 4 is 21.9 Å². The van der Waals surface area contributed by atoms with Gasteiger partial charge >= 0.3 is 5.97 Å². The largest absolute Gasteiger partial charge is 0.459 e. The summed E-state index contributed by atoms with van der Waals surface area (Å²) in [6.07, 6.45) is 9.62. The summed E-state index contributed by atoms with van der Waals surface area (Å²) in [5, 5.41) is 3.02. The van der Waals surface area contributed by atoms with Gasteiger partial charge in [0.2, 0.25) is 15.9 Å². The van der Waals surface area contributed by atoms with Crippen LogP contribution in [0.4, 0.5) is 0 Å². The van der Waals surface area contributed by atoms with Gasteiger partial charge < -0.3 is 10.1 Å². The van der Waals surface area contributed by atoms with Crippen molar-refractivity contribution in [1.82, 2.24) is 9.62 Å². The molecule has 154 valence electrons. The molecule has 8 heteroatoms. The third kappa shape index (κ3) is 7.62. The fourth-order valence-corrected chi connectivity index (χ4v) is 4.54. The monoisotopic (exact) mass is 400 g/mol. The molecule has 0 aromatic rings. The first-order valence-electron chi connectivity index (χ1n) is 9.89. The Morgan fingerprint density at radius 1 is 1.04 bits per heavy atom. The first-order chi connectivity index (χ1) is 12.8. The van der Waals surface area contributed by atoms with Crippen molar-refractivity contribution in [3.63, 3.8) is 0 Å². The number of nitrogens with zero attached hydrogens (tertiary/aromatic N) is 1. The number of nitrogens with one attached hydrogen (secondary N) is 1. The average molecular weight is 401 g/mol. The van der Waals surface area contributed by atoms with Crippen LogP contribution < -0.4 is 5.32 Å². The molecule has 1 saturated heterocycles. The molecular formula is C19H32N2O5S. The van der Waals surface area contributed by atoms with Gasteiger partial charge in [0.25, 0.3) is 0 Å². The van der Waals surface area contributed by atoms with Crippen LogP contribution in [0.3, 0.4) is 0 Å². The Kier molecular flexibility index (Phi) is 8.28. The van der Waals surface area contributed by atoms with Gasteiger partial charge in [-0.25, -0.2) is 17.5 Å². The van der Waals surface area contributed by atoms with Crippen LogP contribution in [0.1, 0.15) is 64.2 Å². The lowest BCUT2D eigenvalue weighted by Crippen LogP contribution is -2.41. The highest BCUT2D eigenvalue weighted by molar-refractivity contribution is 7.88. The molecule has 0 radical (unpaired) electrons. The molecule has 0 aromatic heterocycles. The molecule has 1 heterocycles. The SMILES string of the molecule is C=C(CC(=O)NC1CCCCCCC1)C(=O)OC1CCN(S(C)(=O)=O)CC1. The summed E-state index contributed by atoms with van der Waals surface area (Å²) in [6, 6.07) is 0.182. The summed E-state index contributed by atoms with van der Waals surface area (Å²) in [6.45, 7) is 4.38. The molecule has 1 amide bonds.